The van der Waals surface area contributed by atoms with Crippen molar-refractivity contribution in [3.63, 3.8) is 0 Å². The van der Waals surface area contributed by atoms with Crippen molar-refractivity contribution in [2.24, 2.45) is 0 Å². The maximum atomic E-state index is 12.0. The number of quaternary nitrogens is 1. The molecule has 1 rings (SSSR count). The van der Waals surface area contributed by atoms with Crippen LogP contribution >= 0.6 is 11.8 Å². The van der Waals surface area contributed by atoms with E-state index in [-0.39, 0.29) is 18.4 Å². The van der Waals surface area contributed by atoms with E-state index in [9.17, 15) is 9.59 Å². The molecule has 1 unspecified atom stereocenters. The normalized spacial score (nSPS) is 11.8. The summed E-state index contributed by atoms with van der Waals surface area (Å²) in [5, 5.41) is 2.51. The molecule has 0 aliphatic rings. The zero-order valence-electron chi connectivity index (χ0n) is 13.1. The Morgan fingerprint density at radius 2 is 1.90 bits per heavy atom. The number of carbonyl (C=O) groups excluding carboxylic acids is 2. The summed E-state index contributed by atoms with van der Waals surface area (Å²) in [5.74, 6) is -0.187. The number of carbonyl (C=O) groups is 2. The third kappa shape index (κ3) is 6.18. The maximum absolute atomic E-state index is 12.0. The van der Waals surface area contributed by atoms with Crippen molar-refractivity contribution in [3.8, 4) is 0 Å². The highest BCUT2D eigenvalue weighted by Gasteiger charge is 2.16. The molecule has 1 aromatic carbocycles. The molecule has 6 heteroatoms. The largest absolute Gasteiger partial charge is 0.358 e. The Kier molecular flexibility index (Phi) is 7.25. The minimum absolute atomic E-state index is 0.0307. The summed E-state index contributed by atoms with van der Waals surface area (Å²) >= 11 is 1.71. The lowest BCUT2D eigenvalue weighted by atomic mass is 10.2. The molecule has 5 nitrogen and oxygen atoms in total. The summed E-state index contributed by atoms with van der Waals surface area (Å²) in [5.41, 5.74) is 1.20. The number of hydrogen-bond acceptors (Lipinski definition) is 3. The van der Waals surface area contributed by atoms with Crippen molar-refractivity contribution in [1.82, 2.24) is 10.2 Å². The number of benzene rings is 1. The molecule has 0 fully saturated rings. The molecule has 0 radical (unpaired) electrons. The van der Waals surface area contributed by atoms with Crippen LogP contribution in [-0.2, 0) is 16.1 Å². The zero-order valence-corrected chi connectivity index (χ0v) is 13.9. The van der Waals surface area contributed by atoms with Gasteiger partial charge in [-0.2, -0.15) is 0 Å². The molecule has 2 N–H and O–H groups in total. The Bertz CT molecular complexity index is 476. The lowest BCUT2D eigenvalue weighted by Crippen LogP contribution is -3.08. The van der Waals surface area contributed by atoms with Crippen LogP contribution in [0.3, 0.4) is 0 Å². The van der Waals surface area contributed by atoms with Gasteiger partial charge in [0.05, 0.1) is 13.6 Å². The van der Waals surface area contributed by atoms with Gasteiger partial charge in [-0.1, -0.05) is 12.1 Å². The molecule has 21 heavy (non-hydrogen) atoms. The number of thioether (sulfide) groups is 1. The fourth-order valence-corrected chi connectivity index (χ4v) is 2.34. The monoisotopic (exact) mass is 310 g/mol. The Morgan fingerprint density at radius 1 is 1.29 bits per heavy atom. The molecule has 2 amide bonds. The summed E-state index contributed by atoms with van der Waals surface area (Å²) in [4.78, 5) is 27.1. The molecule has 0 spiro atoms. The highest BCUT2D eigenvalue weighted by molar-refractivity contribution is 7.98. The van der Waals surface area contributed by atoms with E-state index in [0.717, 1.165) is 11.4 Å². The third-order valence-corrected chi connectivity index (χ3v) is 3.95. The molecule has 1 atom stereocenters. The predicted octanol–water partition coefficient (Wildman–Crippen LogP) is -0.372. The second kappa shape index (κ2) is 8.69. The molecular formula is C15H24N3O2S+. The SMILES string of the molecule is CNC(=O)CN(C)C(=O)C[NH+](C)Cc1ccc(SC)cc1. The van der Waals surface area contributed by atoms with Gasteiger partial charge < -0.3 is 15.1 Å². The molecule has 0 aliphatic carbocycles. The standard InChI is InChI=1S/C15H23N3O2S/c1-16-14(19)10-18(3)15(20)11-17(2)9-12-5-7-13(21-4)8-6-12/h5-8H,9-11H2,1-4H3,(H,16,19)/p+1. The molecule has 116 valence electrons. The van der Waals surface area contributed by atoms with Crippen molar-refractivity contribution in [2.45, 2.75) is 11.4 Å². The second-order valence-corrected chi connectivity index (χ2v) is 5.96. The number of rotatable bonds is 7. The van der Waals surface area contributed by atoms with Crippen LogP contribution in [0.15, 0.2) is 29.2 Å². The van der Waals surface area contributed by atoms with Gasteiger partial charge in [0.1, 0.15) is 6.54 Å². The van der Waals surface area contributed by atoms with E-state index in [0.29, 0.717) is 6.54 Å². The van der Waals surface area contributed by atoms with Crippen molar-refractivity contribution >= 4 is 23.6 Å². The Hall–Kier alpha value is -1.53. The van der Waals surface area contributed by atoms with Crippen molar-refractivity contribution in [1.29, 1.82) is 0 Å². The topological polar surface area (TPSA) is 53.9 Å². The van der Waals surface area contributed by atoms with Gasteiger partial charge in [0.15, 0.2) is 6.54 Å². The van der Waals surface area contributed by atoms with Crippen LogP contribution in [0, 0.1) is 0 Å². The van der Waals surface area contributed by atoms with E-state index >= 15 is 0 Å². The fourth-order valence-electron chi connectivity index (χ4n) is 1.93. The van der Waals surface area contributed by atoms with E-state index in [1.807, 2.05) is 13.3 Å². The molecule has 1 aromatic rings. The lowest BCUT2D eigenvalue weighted by Gasteiger charge is -2.19. The molecule has 0 saturated carbocycles. The number of amides is 2. The number of likely N-dealkylation sites (N-methyl/N-ethyl adjacent to an activating group) is 3. The van der Waals surface area contributed by atoms with E-state index < -0.39 is 0 Å². The van der Waals surface area contributed by atoms with Gasteiger partial charge in [0, 0.05) is 24.6 Å². The Labute approximate surface area is 130 Å². The van der Waals surface area contributed by atoms with Crippen LogP contribution in [0.25, 0.3) is 0 Å². The smallest absolute Gasteiger partial charge is 0.277 e. The van der Waals surface area contributed by atoms with Gasteiger partial charge in [-0.3, -0.25) is 9.59 Å². The zero-order chi connectivity index (χ0) is 15.8. The molecule has 0 aliphatic heterocycles. The molecule has 0 bridgehead atoms. The summed E-state index contributed by atoms with van der Waals surface area (Å²) < 4.78 is 0. The third-order valence-electron chi connectivity index (χ3n) is 3.20. The minimum Gasteiger partial charge on any atom is -0.358 e. The van der Waals surface area contributed by atoms with Crippen LogP contribution in [-0.4, -0.2) is 57.2 Å². The fraction of sp³-hybridized carbons (Fsp3) is 0.467. The van der Waals surface area contributed by atoms with Crippen LogP contribution in [0.5, 0.6) is 0 Å². The number of hydrogen-bond donors (Lipinski definition) is 2. The van der Waals surface area contributed by atoms with Crippen LogP contribution in [0.4, 0.5) is 0 Å². The summed E-state index contributed by atoms with van der Waals surface area (Å²) in [7, 11) is 5.20. The molecular weight excluding hydrogens is 286 g/mol. The highest BCUT2D eigenvalue weighted by atomic mass is 32.2. The first-order chi connectivity index (χ1) is 9.96. The van der Waals surface area contributed by atoms with Gasteiger partial charge in [0.2, 0.25) is 5.91 Å². The van der Waals surface area contributed by atoms with Crippen LogP contribution in [0.2, 0.25) is 0 Å². The van der Waals surface area contributed by atoms with E-state index in [1.54, 1.807) is 25.9 Å². The van der Waals surface area contributed by atoms with Crippen molar-refractivity contribution in [2.75, 3.05) is 40.5 Å². The second-order valence-electron chi connectivity index (χ2n) is 5.08. The molecule has 0 aromatic heterocycles. The Balaban J connectivity index is 2.46. The van der Waals surface area contributed by atoms with Crippen molar-refractivity contribution < 1.29 is 14.5 Å². The first-order valence-corrected chi connectivity index (χ1v) is 8.07. The maximum Gasteiger partial charge on any atom is 0.277 e. The van der Waals surface area contributed by atoms with E-state index in [1.165, 1.54) is 15.4 Å². The summed E-state index contributed by atoms with van der Waals surface area (Å²) in [6, 6.07) is 8.36. The van der Waals surface area contributed by atoms with Gasteiger partial charge >= 0.3 is 0 Å². The van der Waals surface area contributed by atoms with E-state index in [2.05, 4.69) is 29.6 Å². The number of nitrogens with one attached hydrogen (secondary N) is 2. The van der Waals surface area contributed by atoms with Crippen molar-refractivity contribution in [3.05, 3.63) is 29.8 Å². The van der Waals surface area contributed by atoms with Gasteiger partial charge in [-0.25, -0.2) is 0 Å². The van der Waals surface area contributed by atoms with Gasteiger partial charge in [-0.15, -0.1) is 11.8 Å². The van der Waals surface area contributed by atoms with Gasteiger partial charge in [0.25, 0.3) is 5.91 Å². The summed E-state index contributed by atoms with van der Waals surface area (Å²) in [6.45, 7) is 1.26. The molecule has 0 saturated heterocycles. The first-order valence-electron chi connectivity index (χ1n) is 6.85. The van der Waals surface area contributed by atoms with Crippen LogP contribution in [0.1, 0.15) is 5.56 Å². The Morgan fingerprint density at radius 3 is 2.43 bits per heavy atom. The average molecular weight is 310 g/mol. The predicted molar refractivity (Wildman–Crippen MR) is 85.4 cm³/mol. The lowest BCUT2D eigenvalue weighted by molar-refractivity contribution is -0.885. The van der Waals surface area contributed by atoms with Gasteiger partial charge in [-0.05, 0) is 18.4 Å². The van der Waals surface area contributed by atoms with Crippen LogP contribution < -0.4 is 10.2 Å². The highest BCUT2D eigenvalue weighted by Crippen LogP contribution is 2.14. The number of nitrogens with zero attached hydrogens (tertiary/aromatic N) is 1. The summed E-state index contributed by atoms with van der Waals surface area (Å²) in [6.07, 6.45) is 2.05. The first kappa shape index (κ1) is 17.5. The minimum atomic E-state index is -0.156. The van der Waals surface area contributed by atoms with E-state index in [4.69, 9.17) is 0 Å². The average Bonchev–Trinajstić information content (AvgIpc) is 2.47. The quantitative estimate of drug-likeness (QED) is 0.676. The molecule has 0 heterocycles.